The van der Waals surface area contributed by atoms with E-state index < -0.39 is 5.97 Å². The number of carboxylic acids is 1. The number of aryl methyl sites for hydroxylation is 2. The zero-order chi connectivity index (χ0) is 14.7. The van der Waals surface area contributed by atoms with Gasteiger partial charge in [-0.15, -0.1) is 0 Å². The molecule has 1 heterocycles. The van der Waals surface area contributed by atoms with Gasteiger partial charge in [-0.25, -0.2) is 14.8 Å². The molecule has 0 fully saturated rings. The molecule has 0 saturated heterocycles. The summed E-state index contributed by atoms with van der Waals surface area (Å²) < 4.78 is 0. The van der Waals surface area contributed by atoms with Gasteiger partial charge in [0.15, 0.2) is 5.16 Å². The van der Waals surface area contributed by atoms with E-state index in [0.717, 1.165) is 22.5 Å². The van der Waals surface area contributed by atoms with Crippen molar-refractivity contribution in [3.05, 3.63) is 52.3 Å². The van der Waals surface area contributed by atoms with Gasteiger partial charge in [-0.2, -0.15) is 0 Å². The lowest BCUT2D eigenvalue weighted by Crippen LogP contribution is -2.02. The van der Waals surface area contributed by atoms with E-state index in [1.54, 1.807) is 12.1 Å². The highest BCUT2D eigenvalue weighted by atomic mass is 32.2. The van der Waals surface area contributed by atoms with Gasteiger partial charge < -0.3 is 5.11 Å². The Kier molecular flexibility index (Phi) is 4.39. The molecule has 0 aliphatic carbocycles. The third-order valence-corrected chi connectivity index (χ3v) is 4.11. The fourth-order valence-corrected chi connectivity index (χ4v) is 2.74. The SMILES string of the molecule is Cc1nc(SCc2ccccc2C(=O)O)nc(C)c1C. The second-order valence-corrected chi connectivity index (χ2v) is 5.50. The summed E-state index contributed by atoms with van der Waals surface area (Å²) in [4.78, 5) is 20.0. The lowest BCUT2D eigenvalue weighted by Gasteiger charge is -2.08. The van der Waals surface area contributed by atoms with Gasteiger partial charge >= 0.3 is 5.97 Å². The van der Waals surface area contributed by atoms with Gasteiger partial charge in [-0.3, -0.25) is 0 Å². The van der Waals surface area contributed by atoms with Crippen molar-refractivity contribution < 1.29 is 9.90 Å². The Hall–Kier alpha value is -1.88. The molecule has 1 N–H and O–H groups in total. The first-order valence-electron chi connectivity index (χ1n) is 6.25. The third-order valence-electron chi connectivity index (χ3n) is 3.22. The van der Waals surface area contributed by atoms with Crippen molar-refractivity contribution in [1.82, 2.24) is 9.97 Å². The molecule has 5 heteroatoms. The van der Waals surface area contributed by atoms with Gasteiger partial charge in [0.25, 0.3) is 0 Å². The van der Waals surface area contributed by atoms with Gasteiger partial charge in [-0.05, 0) is 38.0 Å². The highest BCUT2D eigenvalue weighted by Gasteiger charge is 2.11. The number of carbonyl (C=O) groups is 1. The summed E-state index contributed by atoms with van der Waals surface area (Å²) in [5, 5.41) is 9.83. The number of rotatable bonds is 4. The van der Waals surface area contributed by atoms with Crippen LogP contribution in [0.15, 0.2) is 29.4 Å². The van der Waals surface area contributed by atoms with Crippen LogP contribution in [-0.4, -0.2) is 21.0 Å². The molecule has 0 aliphatic rings. The first kappa shape index (κ1) is 14.5. The van der Waals surface area contributed by atoms with Crippen molar-refractivity contribution in [3.63, 3.8) is 0 Å². The molecule has 0 amide bonds. The maximum absolute atomic E-state index is 11.1. The van der Waals surface area contributed by atoms with E-state index >= 15 is 0 Å². The zero-order valence-electron chi connectivity index (χ0n) is 11.7. The molecule has 0 unspecified atom stereocenters. The zero-order valence-corrected chi connectivity index (χ0v) is 12.5. The van der Waals surface area contributed by atoms with Crippen molar-refractivity contribution in [2.24, 2.45) is 0 Å². The lowest BCUT2D eigenvalue weighted by atomic mass is 10.1. The van der Waals surface area contributed by atoms with E-state index in [4.69, 9.17) is 5.11 Å². The minimum absolute atomic E-state index is 0.334. The van der Waals surface area contributed by atoms with E-state index in [2.05, 4.69) is 9.97 Å². The second kappa shape index (κ2) is 6.05. The minimum atomic E-state index is -0.904. The average Bonchev–Trinajstić information content (AvgIpc) is 2.42. The highest BCUT2D eigenvalue weighted by molar-refractivity contribution is 7.98. The summed E-state index contributed by atoms with van der Waals surface area (Å²) in [6, 6.07) is 7.01. The number of benzene rings is 1. The van der Waals surface area contributed by atoms with Crippen molar-refractivity contribution in [2.45, 2.75) is 31.7 Å². The number of aromatic nitrogens is 2. The number of nitrogens with zero attached hydrogens (tertiary/aromatic N) is 2. The molecule has 0 spiro atoms. The van der Waals surface area contributed by atoms with Crippen LogP contribution in [0, 0.1) is 20.8 Å². The predicted molar refractivity (Wildman–Crippen MR) is 79.2 cm³/mol. The Bertz CT molecular complexity index is 633. The van der Waals surface area contributed by atoms with Crippen LogP contribution in [0.4, 0.5) is 0 Å². The molecule has 0 aliphatic heterocycles. The van der Waals surface area contributed by atoms with Crippen LogP contribution in [0.2, 0.25) is 0 Å². The Labute approximate surface area is 122 Å². The maximum atomic E-state index is 11.1. The van der Waals surface area contributed by atoms with E-state index in [1.165, 1.54) is 11.8 Å². The van der Waals surface area contributed by atoms with Crippen molar-refractivity contribution in [3.8, 4) is 0 Å². The molecule has 1 aromatic heterocycles. The van der Waals surface area contributed by atoms with Crippen molar-refractivity contribution >= 4 is 17.7 Å². The number of thioether (sulfide) groups is 1. The average molecular weight is 288 g/mol. The number of hydrogen-bond donors (Lipinski definition) is 1. The molecule has 2 aromatic rings. The molecule has 4 nitrogen and oxygen atoms in total. The normalized spacial score (nSPS) is 10.6. The first-order chi connectivity index (χ1) is 9.49. The monoisotopic (exact) mass is 288 g/mol. The largest absolute Gasteiger partial charge is 0.478 e. The van der Waals surface area contributed by atoms with Gasteiger partial charge in [0, 0.05) is 17.1 Å². The van der Waals surface area contributed by atoms with Crippen LogP contribution in [0.1, 0.15) is 32.9 Å². The summed E-state index contributed by atoms with van der Waals surface area (Å²) >= 11 is 1.46. The molecule has 1 aromatic carbocycles. The van der Waals surface area contributed by atoms with E-state index in [9.17, 15) is 4.79 Å². The summed E-state index contributed by atoms with van der Waals surface area (Å²) in [7, 11) is 0. The fourth-order valence-electron chi connectivity index (χ4n) is 1.80. The highest BCUT2D eigenvalue weighted by Crippen LogP contribution is 2.23. The summed E-state index contributed by atoms with van der Waals surface area (Å²) in [5.41, 5.74) is 4.14. The molecule has 0 saturated carbocycles. The van der Waals surface area contributed by atoms with Crippen LogP contribution >= 0.6 is 11.8 Å². The fraction of sp³-hybridized carbons (Fsp3) is 0.267. The quantitative estimate of drug-likeness (QED) is 0.690. The summed E-state index contributed by atoms with van der Waals surface area (Å²) in [6.45, 7) is 5.91. The lowest BCUT2D eigenvalue weighted by molar-refractivity contribution is 0.0696. The van der Waals surface area contributed by atoms with Gasteiger partial charge in [0.05, 0.1) is 5.56 Å². The second-order valence-electron chi connectivity index (χ2n) is 4.55. The number of aromatic carboxylic acids is 1. The topological polar surface area (TPSA) is 63.1 Å². The Morgan fingerprint density at radius 3 is 2.35 bits per heavy atom. The molecular weight excluding hydrogens is 272 g/mol. The van der Waals surface area contributed by atoms with Crippen molar-refractivity contribution in [1.29, 1.82) is 0 Å². The van der Waals surface area contributed by atoms with E-state index in [0.29, 0.717) is 16.5 Å². The molecule has 0 atom stereocenters. The molecule has 0 bridgehead atoms. The summed E-state index contributed by atoms with van der Waals surface area (Å²) in [5.74, 6) is -0.358. The van der Waals surface area contributed by atoms with Crippen LogP contribution in [0.5, 0.6) is 0 Å². The molecular formula is C15H16N2O2S. The smallest absolute Gasteiger partial charge is 0.335 e. The van der Waals surface area contributed by atoms with Crippen LogP contribution in [0.25, 0.3) is 0 Å². The van der Waals surface area contributed by atoms with Gasteiger partial charge in [0.2, 0.25) is 0 Å². The first-order valence-corrected chi connectivity index (χ1v) is 7.23. The maximum Gasteiger partial charge on any atom is 0.335 e. The minimum Gasteiger partial charge on any atom is -0.478 e. The molecule has 0 radical (unpaired) electrons. The van der Waals surface area contributed by atoms with Gasteiger partial charge in [-0.1, -0.05) is 30.0 Å². The van der Waals surface area contributed by atoms with Crippen molar-refractivity contribution in [2.75, 3.05) is 0 Å². The van der Waals surface area contributed by atoms with E-state index in [1.807, 2.05) is 32.9 Å². The number of carboxylic acid groups (broad SMARTS) is 1. The Morgan fingerprint density at radius 2 is 1.75 bits per heavy atom. The van der Waals surface area contributed by atoms with Gasteiger partial charge in [0.1, 0.15) is 0 Å². The molecule has 104 valence electrons. The third kappa shape index (κ3) is 3.17. The van der Waals surface area contributed by atoms with Crippen LogP contribution in [0.3, 0.4) is 0 Å². The van der Waals surface area contributed by atoms with Crippen LogP contribution < -0.4 is 0 Å². The standard InChI is InChI=1S/C15H16N2O2S/c1-9-10(2)16-15(17-11(9)3)20-8-12-6-4-5-7-13(12)14(18)19/h4-7H,8H2,1-3H3,(H,18,19). The Morgan fingerprint density at radius 1 is 1.15 bits per heavy atom. The Balaban J connectivity index is 2.19. The predicted octanol–water partition coefficient (Wildman–Crippen LogP) is 3.39. The van der Waals surface area contributed by atoms with Crippen LogP contribution in [-0.2, 0) is 5.75 Å². The molecule has 2 rings (SSSR count). The van der Waals surface area contributed by atoms with E-state index in [-0.39, 0.29) is 0 Å². The number of hydrogen-bond acceptors (Lipinski definition) is 4. The molecule has 20 heavy (non-hydrogen) atoms. The summed E-state index contributed by atoms with van der Waals surface area (Å²) in [6.07, 6.45) is 0.